The van der Waals surface area contributed by atoms with Crippen molar-refractivity contribution in [1.29, 1.82) is 5.26 Å². The van der Waals surface area contributed by atoms with Crippen LogP contribution in [0.3, 0.4) is 0 Å². The van der Waals surface area contributed by atoms with Crippen molar-refractivity contribution in [2.75, 3.05) is 11.9 Å². The summed E-state index contributed by atoms with van der Waals surface area (Å²) in [6.45, 7) is 2.31. The van der Waals surface area contributed by atoms with E-state index in [-0.39, 0.29) is 11.2 Å². The lowest BCUT2D eigenvalue weighted by Gasteiger charge is -2.13. The van der Waals surface area contributed by atoms with Gasteiger partial charge < -0.3 is 10.1 Å². The van der Waals surface area contributed by atoms with E-state index in [2.05, 4.69) is 11.4 Å². The molecule has 4 nitrogen and oxygen atoms in total. The summed E-state index contributed by atoms with van der Waals surface area (Å²) < 4.78 is 5.58. The van der Waals surface area contributed by atoms with E-state index in [1.165, 1.54) is 11.8 Å². The number of benzene rings is 2. The number of carbonyl (C=O) groups excluding carboxylic acids is 1. The van der Waals surface area contributed by atoms with E-state index in [1.54, 1.807) is 6.07 Å². The Kier molecular flexibility index (Phi) is 7.65. The summed E-state index contributed by atoms with van der Waals surface area (Å²) >= 11 is 7.55. The highest BCUT2D eigenvalue weighted by molar-refractivity contribution is 8.00. The molecule has 2 rings (SSSR count). The molecule has 0 radical (unpaired) electrons. The van der Waals surface area contributed by atoms with Gasteiger partial charge in [-0.05, 0) is 37.6 Å². The molecule has 0 saturated heterocycles. The number of unbranched alkanes of at least 4 members (excludes halogenated alkanes) is 1. The highest BCUT2D eigenvalue weighted by Crippen LogP contribution is 2.30. The second kappa shape index (κ2) is 9.97. The first-order chi connectivity index (χ1) is 12.1. The van der Waals surface area contributed by atoms with Gasteiger partial charge in [-0.25, -0.2) is 0 Å². The highest BCUT2D eigenvalue weighted by atomic mass is 35.5. The van der Waals surface area contributed by atoms with Crippen LogP contribution in [-0.4, -0.2) is 17.8 Å². The molecular formula is C19H19ClN2O2S. The third-order valence-electron chi connectivity index (χ3n) is 3.31. The van der Waals surface area contributed by atoms with Crippen LogP contribution in [0.1, 0.15) is 19.8 Å². The average molecular weight is 375 g/mol. The molecule has 130 valence electrons. The van der Waals surface area contributed by atoms with Gasteiger partial charge in [0.1, 0.15) is 5.75 Å². The van der Waals surface area contributed by atoms with Crippen LogP contribution in [-0.2, 0) is 4.79 Å². The number of thioether (sulfide) groups is 1. The first-order valence-electron chi connectivity index (χ1n) is 7.92. The Hall–Kier alpha value is -2.16. The predicted molar refractivity (Wildman–Crippen MR) is 102 cm³/mol. The van der Waals surface area contributed by atoms with Gasteiger partial charge in [-0.2, -0.15) is 5.26 Å². The lowest BCUT2D eigenvalue weighted by Crippen LogP contribution is -2.22. The van der Waals surface area contributed by atoms with Gasteiger partial charge in [-0.3, -0.25) is 4.79 Å². The number of nitrogens with zero attached hydrogens (tertiary/aromatic N) is 1. The minimum Gasteiger partial charge on any atom is -0.493 e. The van der Waals surface area contributed by atoms with Crippen LogP contribution in [0.4, 0.5) is 5.69 Å². The number of carbonyl (C=O) groups is 1. The minimum atomic E-state index is -0.292. The van der Waals surface area contributed by atoms with Gasteiger partial charge in [-0.15, -0.1) is 11.8 Å². The monoisotopic (exact) mass is 374 g/mol. The van der Waals surface area contributed by atoms with Gasteiger partial charge >= 0.3 is 0 Å². The van der Waals surface area contributed by atoms with Gasteiger partial charge in [0.2, 0.25) is 5.91 Å². The molecule has 1 unspecified atom stereocenters. The number of rotatable bonds is 8. The Morgan fingerprint density at radius 3 is 2.88 bits per heavy atom. The van der Waals surface area contributed by atoms with E-state index >= 15 is 0 Å². The molecule has 1 amide bonds. The summed E-state index contributed by atoms with van der Waals surface area (Å²) in [6.07, 6.45) is 1.14. The van der Waals surface area contributed by atoms with Gasteiger partial charge in [0.25, 0.3) is 0 Å². The Labute approximate surface area is 157 Å². The fraction of sp³-hybridized carbons (Fsp3) is 0.263. The fourth-order valence-electron chi connectivity index (χ4n) is 2.03. The third-order valence-corrected chi connectivity index (χ3v) is 4.93. The first-order valence-corrected chi connectivity index (χ1v) is 9.18. The molecule has 0 aliphatic heterocycles. The molecule has 2 aromatic rings. The molecule has 0 aliphatic carbocycles. The van der Waals surface area contributed by atoms with Crippen molar-refractivity contribution in [3.63, 3.8) is 0 Å². The zero-order valence-electron chi connectivity index (χ0n) is 13.9. The Balaban J connectivity index is 1.91. The summed E-state index contributed by atoms with van der Waals surface area (Å²) in [5.41, 5.74) is 0.675. The molecule has 0 spiro atoms. The smallest absolute Gasteiger partial charge is 0.237 e. The van der Waals surface area contributed by atoms with Crippen molar-refractivity contribution < 1.29 is 9.53 Å². The van der Waals surface area contributed by atoms with Crippen LogP contribution in [0.25, 0.3) is 0 Å². The number of hydrogen-bond donors (Lipinski definition) is 1. The van der Waals surface area contributed by atoms with E-state index in [0.29, 0.717) is 35.9 Å². The predicted octanol–water partition coefficient (Wildman–Crippen LogP) is 5.14. The topological polar surface area (TPSA) is 62.1 Å². The molecule has 0 aliphatic rings. The minimum absolute atomic E-state index is 0.105. The summed E-state index contributed by atoms with van der Waals surface area (Å²) in [4.78, 5) is 13.3. The first kappa shape index (κ1) is 19.2. The number of anilines is 1. The van der Waals surface area contributed by atoms with Gasteiger partial charge in [0.05, 0.1) is 22.9 Å². The summed E-state index contributed by atoms with van der Waals surface area (Å²) in [6, 6.07) is 16.8. The molecule has 25 heavy (non-hydrogen) atoms. The number of halogens is 1. The van der Waals surface area contributed by atoms with Crippen LogP contribution in [0.2, 0.25) is 5.02 Å². The molecule has 1 N–H and O–H groups in total. The van der Waals surface area contributed by atoms with Crippen molar-refractivity contribution in [3.05, 3.63) is 53.6 Å². The maximum Gasteiger partial charge on any atom is 0.237 e. The molecule has 0 heterocycles. The van der Waals surface area contributed by atoms with E-state index in [9.17, 15) is 4.79 Å². The molecule has 1 atom stereocenters. The molecule has 0 bridgehead atoms. The molecule has 0 fully saturated rings. The standard InChI is InChI=1S/C19H19ClN2O2S/c1-14(25-18-10-3-2-9-17(18)20)19(23)22-15-7-6-8-16(13-15)24-12-5-4-11-21/h2-3,6-10,13-14H,4-5,12H2,1H3,(H,22,23). The van der Waals surface area contributed by atoms with Crippen molar-refractivity contribution >= 4 is 35.0 Å². The van der Waals surface area contributed by atoms with Gasteiger partial charge in [-0.1, -0.05) is 29.8 Å². The summed E-state index contributed by atoms with van der Waals surface area (Å²) in [7, 11) is 0. The maximum absolute atomic E-state index is 12.4. The third kappa shape index (κ3) is 6.33. The van der Waals surface area contributed by atoms with E-state index < -0.39 is 0 Å². The number of ether oxygens (including phenoxy) is 1. The van der Waals surface area contributed by atoms with Gasteiger partial charge in [0, 0.05) is 23.1 Å². The average Bonchev–Trinajstić information content (AvgIpc) is 2.61. The van der Waals surface area contributed by atoms with Crippen molar-refractivity contribution in [2.45, 2.75) is 29.9 Å². The number of nitriles is 1. The van der Waals surface area contributed by atoms with Crippen molar-refractivity contribution in [1.82, 2.24) is 0 Å². The SMILES string of the molecule is CC(Sc1ccccc1Cl)C(=O)Nc1cccc(OCCCC#N)c1. The normalized spacial score (nSPS) is 11.4. The zero-order chi connectivity index (χ0) is 18.1. The van der Waals surface area contributed by atoms with Crippen molar-refractivity contribution in [2.24, 2.45) is 0 Å². The van der Waals surface area contributed by atoms with E-state index in [1.807, 2.05) is 49.4 Å². The van der Waals surface area contributed by atoms with Crippen LogP contribution in [0.5, 0.6) is 5.75 Å². The lowest BCUT2D eigenvalue weighted by molar-refractivity contribution is -0.115. The maximum atomic E-state index is 12.4. The fourth-order valence-corrected chi connectivity index (χ4v) is 3.19. The largest absolute Gasteiger partial charge is 0.493 e. The van der Waals surface area contributed by atoms with Crippen LogP contribution >= 0.6 is 23.4 Å². The lowest BCUT2D eigenvalue weighted by atomic mass is 10.3. The van der Waals surface area contributed by atoms with Gasteiger partial charge in [0.15, 0.2) is 0 Å². The zero-order valence-corrected chi connectivity index (χ0v) is 15.4. The van der Waals surface area contributed by atoms with Crippen LogP contribution < -0.4 is 10.1 Å². The van der Waals surface area contributed by atoms with E-state index in [0.717, 1.165) is 4.90 Å². The Bertz CT molecular complexity index is 761. The number of amides is 1. The molecule has 2 aromatic carbocycles. The summed E-state index contributed by atoms with van der Waals surface area (Å²) in [5.74, 6) is 0.564. The van der Waals surface area contributed by atoms with Crippen LogP contribution in [0, 0.1) is 11.3 Å². The number of nitrogens with one attached hydrogen (secondary N) is 1. The molecule has 0 aromatic heterocycles. The van der Waals surface area contributed by atoms with E-state index in [4.69, 9.17) is 21.6 Å². The quantitative estimate of drug-likeness (QED) is 0.513. The number of hydrogen-bond acceptors (Lipinski definition) is 4. The highest BCUT2D eigenvalue weighted by Gasteiger charge is 2.16. The summed E-state index contributed by atoms with van der Waals surface area (Å²) in [5, 5.41) is 11.8. The molecular weight excluding hydrogens is 356 g/mol. The van der Waals surface area contributed by atoms with Crippen LogP contribution in [0.15, 0.2) is 53.4 Å². The molecule has 6 heteroatoms. The Morgan fingerprint density at radius 1 is 1.32 bits per heavy atom. The second-order valence-electron chi connectivity index (χ2n) is 5.32. The Morgan fingerprint density at radius 2 is 2.12 bits per heavy atom. The second-order valence-corrected chi connectivity index (χ2v) is 7.11. The molecule has 0 saturated carbocycles. The van der Waals surface area contributed by atoms with Crippen molar-refractivity contribution in [3.8, 4) is 11.8 Å².